The first kappa shape index (κ1) is 31.2. The smallest absolute Gasteiger partial charge is 0.413 e. The lowest BCUT2D eigenvalue weighted by atomic mass is 10.1. The van der Waals surface area contributed by atoms with Crippen molar-refractivity contribution in [2.75, 3.05) is 6.61 Å². The third-order valence-electron chi connectivity index (χ3n) is 6.77. The Balaban J connectivity index is 2.25. The van der Waals surface area contributed by atoms with E-state index >= 15 is 0 Å². The Kier molecular flexibility index (Phi) is 8.98. The molecule has 5 nitrogen and oxygen atoms in total. The molecule has 0 radical (unpaired) electrons. The number of rotatable bonds is 5. The summed E-state index contributed by atoms with van der Waals surface area (Å²) in [6, 6.07) is 20.6. The zero-order valence-corrected chi connectivity index (χ0v) is 27.7. The van der Waals surface area contributed by atoms with Gasteiger partial charge in [0.05, 0.1) is 12.6 Å². The molecule has 39 heavy (non-hydrogen) atoms. The van der Waals surface area contributed by atoms with Gasteiger partial charge in [-0.05, 0) is 50.0 Å². The maximum absolute atomic E-state index is 13.6. The fraction of sp³-hybridized carbons (Fsp3) is 0.531. The molecule has 0 bridgehead atoms. The summed E-state index contributed by atoms with van der Waals surface area (Å²) < 4.78 is 19.6. The van der Waals surface area contributed by atoms with Crippen LogP contribution in [0.25, 0.3) is 0 Å². The lowest BCUT2D eigenvalue weighted by Gasteiger charge is -2.46. The number of carbonyl (C=O) groups is 1. The van der Waals surface area contributed by atoms with Crippen LogP contribution in [0.15, 0.2) is 60.7 Å². The number of amides is 1. The van der Waals surface area contributed by atoms with Gasteiger partial charge >= 0.3 is 6.09 Å². The van der Waals surface area contributed by atoms with Crippen LogP contribution in [0.2, 0.25) is 24.7 Å². The Bertz CT molecular complexity index is 1140. The van der Waals surface area contributed by atoms with E-state index in [9.17, 15) is 4.79 Å². The molecule has 1 aliphatic rings. The number of carbonyl (C=O) groups excluding carboxylic acids is 1. The van der Waals surface area contributed by atoms with E-state index in [1.807, 2.05) is 46.8 Å². The Morgan fingerprint density at radius 2 is 1.44 bits per heavy atom. The Morgan fingerprint density at radius 1 is 0.949 bits per heavy atom. The zero-order chi connectivity index (χ0) is 29.3. The summed E-state index contributed by atoms with van der Waals surface area (Å²) in [5, 5.41) is 2.11. The van der Waals surface area contributed by atoms with Crippen LogP contribution in [-0.4, -0.2) is 57.5 Å². The molecule has 1 aliphatic heterocycles. The molecule has 7 heteroatoms. The van der Waals surface area contributed by atoms with Gasteiger partial charge in [-0.15, -0.1) is 5.54 Å². The highest BCUT2D eigenvalue weighted by Crippen LogP contribution is 2.40. The number of hydrogen-bond acceptors (Lipinski definition) is 4. The number of nitrogens with zero attached hydrogens (tertiary/aromatic N) is 1. The number of hydrogen-bond donors (Lipinski definition) is 0. The topological polar surface area (TPSA) is 48.0 Å². The zero-order valence-electron chi connectivity index (χ0n) is 25.7. The molecular formula is C32H47NO4Si2. The van der Waals surface area contributed by atoms with Crippen molar-refractivity contribution in [3.8, 4) is 11.5 Å². The SMILES string of the molecule is CC(C)(C)OC(=O)N1[C@@H]([C@@H](C#C[Si](C)(C)C)O[Si](c2ccccc2)(c2ccccc2)C(C)(C)C)COC1(C)C. The normalized spacial score (nSPS) is 18.7. The standard InChI is InChI=1S/C32H47NO4Si2/c1-30(2,3)36-29(34)33-27(24-35-32(33,7)8)28(22-23-38(9,10)11)37-39(31(4,5)6,25-18-14-12-15-19-25)26-20-16-13-17-21-26/h12-21,27-28H,24H2,1-11H3/t27-,28-/m1/s1. The van der Waals surface area contributed by atoms with Gasteiger partial charge in [-0.25, -0.2) is 4.79 Å². The monoisotopic (exact) mass is 565 g/mol. The van der Waals surface area contributed by atoms with E-state index in [4.69, 9.17) is 13.9 Å². The van der Waals surface area contributed by atoms with Crippen molar-refractivity contribution in [3.05, 3.63) is 60.7 Å². The molecule has 2 aromatic rings. The van der Waals surface area contributed by atoms with Crippen LogP contribution in [0.3, 0.4) is 0 Å². The quantitative estimate of drug-likeness (QED) is 0.321. The van der Waals surface area contributed by atoms with Gasteiger partial charge < -0.3 is 13.9 Å². The van der Waals surface area contributed by atoms with Gasteiger partial charge in [-0.1, -0.05) is 107 Å². The molecule has 1 fully saturated rings. The third kappa shape index (κ3) is 7.23. The molecule has 0 spiro atoms. The van der Waals surface area contributed by atoms with Crippen molar-refractivity contribution in [3.63, 3.8) is 0 Å². The van der Waals surface area contributed by atoms with Crippen LogP contribution >= 0.6 is 0 Å². The molecule has 0 saturated carbocycles. The number of ether oxygens (including phenoxy) is 2. The van der Waals surface area contributed by atoms with Gasteiger partial charge in [0.2, 0.25) is 0 Å². The predicted octanol–water partition coefficient (Wildman–Crippen LogP) is 6.18. The van der Waals surface area contributed by atoms with Gasteiger partial charge in [-0.3, -0.25) is 4.90 Å². The minimum Gasteiger partial charge on any atom is -0.444 e. The Morgan fingerprint density at radius 3 is 1.85 bits per heavy atom. The maximum Gasteiger partial charge on any atom is 0.413 e. The minimum atomic E-state index is -2.96. The summed E-state index contributed by atoms with van der Waals surface area (Å²) in [6.07, 6.45) is -0.988. The van der Waals surface area contributed by atoms with E-state index in [-0.39, 0.29) is 5.04 Å². The van der Waals surface area contributed by atoms with Gasteiger partial charge in [0.25, 0.3) is 8.32 Å². The van der Waals surface area contributed by atoms with Crippen molar-refractivity contribution < 1.29 is 18.7 Å². The molecule has 0 N–H and O–H groups in total. The van der Waals surface area contributed by atoms with E-state index < -0.39 is 46.0 Å². The maximum atomic E-state index is 13.6. The van der Waals surface area contributed by atoms with E-state index in [1.54, 1.807) is 4.90 Å². The van der Waals surface area contributed by atoms with E-state index in [0.29, 0.717) is 6.61 Å². The highest BCUT2D eigenvalue weighted by molar-refractivity contribution is 6.99. The molecule has 1 amide bonds. The van der Waals surface area contributed by atoms with Gasteiger partial charge in [0, 0.05) is 0 Å². The van der Waals surface area contributed by atoms with E-state index in [2.05, 4.69) is 100 Å². The first-order chi connectivity index (χ1) is 17.9. The van der Waals surface area contributed by atoms with E-state index in [1.165, 1.54) is 10.4 Å². The number of benzene rings is 2. The average Bonchev–Trinajstić information content (AvgIpc) is 3.13. The lowest BCUT2D eigenvalue weighted by molar-refractivity contribution is -0.0653. The largest absolute Gasteiger partial charge is 0.444 e. The van der Waals surface area contributed by atoms with Crippen LogP contribution in [-0.2, 0) is 13.9 Å². The lowest BCUT2D eigenvalue weighted by Crippen LogP contribution is -2.69. The molecule has 1 heterocycles. The molecular weight excluding hydrogens is 519 g/mol. The molecule has 0 aromatic heterocycles. The summed E-state index contributed by atoms with van der Waals surface area (Å²) in [7, 11) is -4.73. The molecule has 212 valence electrons. The van der Waals surface area contributed by atoms with Crippen molar-refractivity contribution >= 4 is 32.9 Å². The van der Waals surface area contributed by atoms with Gasteiger partial charge in [-0.2, -0.15) is 0 Å². The highest BCUT2D eigenvalue weighted by atomic mass is 28.4. The molecule has 0 aliphatic carbocycles. The van der Waals surface area contributed by atoms with Crippen LogP contribution in [0.5, 0.6) is 0 Å². The van der Waals surface area contributed by atoms with Crippen LogP contribution in [0, 0.1) is 11.5 Å². The first-order valence-electron chi connectivity index (χ1n) is 13.9. The molecule has 0 unspecified atom stereocenters. The van der Waals surface area contributed by atoms with Crippen molar-refractivity contribution in [2.24, 2.45) is 0 Å². The summed E-state index contributed by atoms with van der Waals surface area (Å²) in [6.45, 7) is 23.2. The molecule has 2 atom stereocenters. The molecule has 1 saturated heterocycles. The van der Waals surface area contributed by atoms with Gasteiger partial charge in [0.1, 0.15) is 25.5 Å². The first-order valence-corrected chi connectivity index (χ1v) is 19.3. The second-order valence-electron chi connectivity index (χ2n) is 13.9. The average molecular weight is 566 g/mol. The summed E-state index contributed by atoms with van der Waals surface area (Å²) >= 11 is 0. The summed E-state index contributed by atoms with van der Waals surface area (Å²) in [5.74, 6) is 3.55. The van der Waals surface area contributed by atoms with Gasteiger partial charge in [0.15, 0.2) is 0 Å². The Labute approximate surface area is 238 Å². The second kappa shape index (κ2) is 11.2. The van der Waals surface area contributed by atoms with Crippen LogP contribution in [0.4, 0.5) is 4.79 Å². The highest BCUT2D eigenvalue weighted by Gasteiger charge is 2.55. The molecule has 2 aromatic carbocycles. The Hall–Kier alpha value is -2.38. The predicted molar refractivity (Wildman–Crippen MR) is 166 cm³/mol. The van der Waals surface area contributed by atoms with E-state index in [0.717, 1.165) is 0 Å². The third-order valence-corrected chi connectivity index (χ3v) is 12.7. The summed E-state index contributed by atoms with van der Waals surface area (Å²) in [4.78, 5) is 15.3. The second-order valence-corrected chi connectivity index (χ2v) is 22.9. The fourth-order valence-corrected chi connectivity index (χ4v) is 10.3. The summed E-state index contributed by atoms with van der Waals surface area (Å²) in [5.41, 5.74) is 2.06. The van der Waals surface area contributed by atoms with Crippen molar-refractivity contribution in [1.29, 1.82) is 0 Å². The van der Waals surface area contributed by atoms with Crippen LogP contribution in [0.1, 0.15) is 55.4 Å². The minimum absolute atomic E-state index is 0.236. The van der Waals surface area contributed by atoms with Crippen molar-refractivity contribution in [2.45, 2.75) is 104 Å². The molecule has 3 rings (SSSR count). The fourth-order valence-electron chi connectivity index (χ4n) is 5.10. The van der Waals surface area contributed by atoms with Crippen molar-refractivity contribution in [1.82, 2.24) is 4.90 Å². The van der Waals surface area contributed by atoms with Crippen LogP contribution < -0.4 is 10.4 Å².